The van der Waals surface area contributed by atoms with Crippen molar-refractivity contribution in [2.24, 2.45) is 0 Å². The van der Waals surface area contributed by atoms with Gasteiger partial charge in [-0.25, -0.2) is 9.59 Å². The van der Waals surface area contributed by atoms with Crippen LogP contribution in [0, 0.1) is 0 Å². The van der Waals surface area contributed by atoms with Crippen molar-refractivity contribution in [1.29, 1.82) is 0 Å². The molecule has 0 spiro atoms. The number of amides is 1. The molecule has 0 aromatic heterocycles. The van der Waals surface area contributed by atoms with E-state index in [1.165, 1.54) is 7.11 Å². The van der Waals surface area contributed by atoms with Crippen molar-refractivity contribution in [1.82, 2.24) is 5.32 Å². The molecule has 0 heterocycles. The lowest BCUT2D eigenvalue weighted by atomic mass is 10.1. The van der Waals surface area contributed by atoms with Gasteiger partial charge in [0.15, 0.2) is 0 Å². The Hall–Kier alpha value is -2.63. The van der Waals surface area contributed by atoms with Crippen molar-refractivity contribution in [3.63, 3.8) is 0 Å². The van der Waals surface area contributed by atoms with Crippen LogP contribution in [0.5, 0.6) is 0 Å². The Balaban J connectivity index is 2.73. The molecule has 2 N–H and O–H groups in total. The standard InChI is InChI=1S/C14H15NO5/c1-20-14(19)11(9-10-5-3-2-4-6-10)15-12(16)7-8-13(17)18/h2-8,11H,9H2,1H3,(H,15,16)(H,17,18)/b8-7-/t11-/m0/s1. The number of carbonyl (C=O) groups is 3. The minimum atomic E-state index is -1.24. The maximum atomic E-state index is 11.6. The largest absolute Gasteiger partial charge is 0.478 e. The van der Waals surface area contributed by atoms with Crippen LogP contribution < -0.4 is 5.32 Å². The van der Waals surface area contributed by atoms with Crippen LogP contribution in [0.2, 0.25) is 0 Å². The topological polar surface area (TPSA) is 92.7 Å². The lowest BCUT2D eigenvalue weighted by molar-refractivity contribution is -0.144. The number of benzene rings is 1. The van der Waals surface area contributed by atoms with Gasteiger partial charge in [-0.1, -0.05) is 30.3 Å². The number of nitrogens with one attached hydrogen (secondary N) is 1. The van der Waals surface area contributed by atoms with Crippen molar-refractivity contribution in [2.45, 2.75) is 12.5 Å². The van der Waals surface area contributed by atoms with Gasteiger partial charge in [-0.3, -0.25) is 4.79 Å². The Morgan fingerprint density at radius 1 is 1.25 bits per heavy atom. The predicted octanol–water partition coefficient (Wildman–Crippen LogP) is 0.528. The predicted molar refractivity (Wildman–Crippen MR) is 70.9 cm³/mol. The van der Waals surface area contributed by atoms with Gasteiger partial charge >= 0.3 is 11.9 Å². The number of carboxylic acid groups (broad SMARTS) is 1. The Kier molecular flexibility index (Phi) is 5.96. The Morgan fingerprint density at radius 3 is 2.45 bits per heavy atom. The highest BCUT2D eigenvalue weighted by atomic mass is 16.5. The van der Waals surface area contributed by atoms with Crippen LogP contribution in [0.15, 0.2) is 42.5 Å². The molecule has 1 aromatic rings. The van der Waals surface area contributed by atoms with Crippen LogP contribution in [0.25, 0.3) is 0 Å². The highest BCUT2D eigenvalue weighted by Gasteiger charge is 2.20. The van der Waals surface area contributed by atoms with Crippen molar-refractivity contribution < 1.29 is 24.2 Å². The summed E-state index contributed by atoms with van der Waals surface area (Å²) in [7, 11) is 1.22. The first-order chi connectivity index (χ1) is 9.52. The van der Waals surface area contributed by atoms with Crippen LogP contribution in [0.3, 0.4) is 0 Å². The second-order valence-corrected chi connectivity index (χ2v) is 3.95. The molecule has 0 radical (unpaired) electrons. The highest BCUT2D eigenvalue weighted by molar-refractivity contribution is 5.95. The number of esters is 1. The summed E-state index contributed by atoms with van der Waals surface area (Å²) in [6, 6.07) is 8.23. The van der Waals surface area contributed by atoms with Gasteiger partial charge in [-0.15, -0.1) is 0 Å². The summed E-state index contributed by atoms with van der Waals surface area (Å²) in [4.78, 5) is 33.4. The molecule has 0 aliphatic rings. The smallest absolute Gasteiger partial charge is 0.328 e. The van der Waals surface area contributed by atoms with Crippen molar-refractivity contribution in [3.8, 4) is 0 Å². The first-order valence-corrected chi connectivity index (χ1v) is 5.86. The fraction of sp³-hybridized carbons (Fsp3) is 0.214. The lowest BCUT2D eigenvalue weighted by Crippen LogP contribution is -2.42. The van der Waals surface area contributed by atoms with Gasteiger partial charge in [0.25, 0.3) is 0 Å². The molecule has 1 amide bonds. The first kappa shape index (κ1) is 15.4. The molecule has 0 aliphatic carbocycles. The second kappa shape index (κ2) is 7.73. The third-order valence-corrected chi connectivity index (χ3v) is 2.46. The normalized spacial score (nSPS) is 11.8. The molecule has 0 unspecified atom stereocenters. The van der Waals surface area contributed by atoms with Gasteiger partial charge in [0.2, 0.25) is 5.91 Å². The summed E-state index contributed by atoms with van der Waals surface area (Å²) in [5, 5.41) is 10.8. The molecule has 0 saturated heterocycles. The fourth-order valence-electron chi connectivity index (χ4n) is 1.55. The summed E-state index contributed by atoms with van der Waals surface area (Å²) in [5.74, 6) is -2.50. The molecule has 1 atom stereocenters. The Bertz CT molecular complexity index is 510. The zero-order valence-electron chi connectivity index (χ0n) is 10.9. The summed E-state index contributed by atoms with van der Waals surface area (Å²) < 4.78 is 4.62. The number of rotatable bonds is 6. The van der Waals surface area contributed by atoms with Gasteiger partial charge < -0.3 is 15.2 Å². The van der Waals surface area contributed by atoms with Crippen molar-refractivity contribution in [2.75, 3.05) is 7.11 Å². The van der Waals surface area contributed by atoms with Crippen LogP contribution in [-0.2, 0) is 25.5 Å². The monoisotopic (exact) mass is 277 g/mol. The molecule has 6 nitrogen and oxygen atoms in total. The van der Waals surface area contributed by atoms with Crippen LogP contribution in [-0.4, -0.2) is 36.1 Å². The maximum absolute atomic E-state index is 11.6. The molecule has 0 fully saturated rings. The highest BCUT2D eigenvalue weighted by Crippen LogP contribution is 2.04. The molecular formula is C14H15NO5. The van der Waals surface area contributed by atoms with E-state index in [4.69, 9.17) is 5.11 Å². The zero-order chi connectivity index (χ0) is 15.0. The third-order valence-electron chi connectivity index (χ3n) is 2.46. The lowest BCUT2D eigenvalue weighted by Gasteiger charge is -2.15. The van der Waals surface area contributed by atoms with Gasteiger partial charge in [-0.05, 0) is 5.56 Å². The molecule has 20 heavy (non-hydrogen) atoms. The van der Waals surface area contributed by atoms with E-state index in [9.17, 15) is 14.4 Å². The molecule has 0 aliphatic heterocycles. The van der Waals surface area contributed by atoms with E-state index >= 15 is 0 Å². The quantitative estimate of drug-likeness (QED) is 0.584. The number of carboxylic acids is 1. The summed E-state index contributed by atoms with van der Waals surface area (Å²) in [6.45, 7) is 0. The molecule has 1 rings (SSSR count). The molecule has 0 saturated carbocycles. The zero-order valence-corrected chi connectivity index (χ0v) is 10.9. The molecule has 1 aromatic carbocycles. The second-order valence-electron chi connectivity index (χ2n) is 3.95. The fourth-order valence-corrected chi connectivity index (χ4v) is 1.55. The number of methoxy groups -OCH3 is 1. The number of carbonyl (C=O) groups excluding carboxylic acids is 2. The SMILES string of the molecule is COC(=O)[C@H](Cc1ccccc1)NC(=O)/C=C\C(=O)O. The van der Waals surface area contributed by atoms with Gasteiger partial charge in [0.1, 0.15) is 6.04 Å². The average Bonchev–Trinajstić information content (AvgIpc) is 2.44. The average molecular weight is 277 g/mol. The van der Waals surface area contributed by atoms with E-state index in [-0.39, 0.29) is 6.42 Å². The van der Waals surface area contributed by atoms with Gasteiger partial charge in [-0.2, -0.15) is 0 Å². The number of hydrogen-bond acceptors (Lipinski definition) is 4. The van der Waals surface area contributed by atoms with E-state index in [0.717, 1.165) is 11.6 Å². The van der Waals surface area contributed by atoms with E-state index in [1.54, 1.807) is 0 Å². The summed E-state index contributed by atoms with van der Waals surface area (Å²) in [5.41, 5.74) is 0.852. The minimum absolute atomic E-state index is 0.264. The van der Waals surface area contributed by atoms with E-state index in [0.29, 0.717) is 6.08 Å². The molecular weight excluding hydrogens is 262 g/mol. The van der Waals surface area contributed by atoms with Crippen LogP contribution in [0.4, 0.5) is 0 Å². The molecule has 106 valence electrons. The summed E-state index contributed by atoms with van der Waals surface area (Å²) in [6.07, 6.45) is 1.82. The Morgan fingerprint density at radius 2 is 1.90 bits per heavy atom. The van der Waals surface area contributed by atoms with Crippen LogP contribution in [0.1, 0.15) is 5.56 Å². The van der Waals surface area contributed by atoms with E-state index < -0.39 is 23.9 Å². The van der Waals surface area contributed by atoms with Crippen molar-refractivity contribution >= 4 is 17.8 Å². The Labute approximate surface area is 116 Å². The van der Waals surface area contributed by atoms with Crippen molar-refractivity contribution in [3.05, 3.63) is 48.0 Å². The number of ether oxygens (including phenoxy) is 1. The third kappa shape index (κ3) is 5.34. The van der Waals surface area contributed by atoms with Gasteiger partial charge in [0.05, 0.1) is 7.11 Å². The van der Waals surface area contributed by atoms with Gasteiger partial charge in [0, 0.05) is 18.6 Å². The molecule has 0 bridgehead atoms. The first-order valence-electron chi connectivity index (χ1n) is 5.86. The van der Waals surface area contributed by atoms with E-state index in [1.807, 2.05) is 30.3 Å². The minimum Gasteiger partial charge on any atom is -0.478 e. The maximum Gasteiger partial charge on any atom is 0.328 e. The number of hydrogen-bond donors (Lipinski definition) is 2. The molecule has 6 heteroatoms. The van der Waals surface area contributed by atoms with E-state index in [2.05, 4.69) is 10.1 Å². The summed E-state index contributed by atoms with van der Waals surface area (Å²) >= 11 is 0. The van der Waals surface area contributed by atoms with Crippen LogP contribution >= 0.6 is 0 Å². The number of aliphatic carboxylic acids is 1.